The second kappa shape index (κ2) is 62.9. The lowest BCUT2D eigenvalue weighted by atomic mass is 10.0. The van der Waals surface area contributed by atoms with Crippen LogP contribution in [0, 0.1) is 0 Å². The molecule has 0 bridgehead atoms. The van der Waals surface area contributed by atoms with Gasteiger partial charge in [0, 0.05) is 12.8 Å². The van der Waals surface area contributed by atoms with E-state index in [0.717, 1.165) is 57.8 Å². The van der Waals surface area contributed by atoms with Crippen LogP contribution in [0.3, 0.4) is 0 Å². The number of rotatable bonds is 59. The fraction of sp³-hybridized carbons (Fsp3) is 0.821. The molecular formula is C67H122O5. The molecule has 5 nitrogen and oxygen atoms in total. The van der Waals surface area contributed by atoms with Crippen LogP contribution in [0.4, 0.5) is 0 Å². The van der Waals surface area contributed by atoms with Crippen LogP contribution in [-0.4, -0.2) is 36.4 Å². The van der Waals surface area contributed by atoms with Crippen molar-refractivity contribution in [1.29, 1.82) is 0 Å². The van der Waals surface area contributed by atoms with Gasteiger partial charge in [-0.3, -0.25) is 9.59 Å². The summed E-state index contributed by atoms with van der Waals surface area (Å²) >= 11 is 0. The Labute approximate surface area is 449 Å². The molecule has 0 rings (SSSR count). The summed E-state index contributed by atoms with van der Waals surface area (Å²) < 4.78 is 10.7. The number of esters is 2. The largest absolute Gasteiger partial charge is 0.462 e. The zero-order valence-electron chi connectivity index (χ0n) is 48.2. The van der Waals surface area contributed by atoms with Crippen LogP contribution < -0.4 is 0 Å². The van der Waals surface area contributed by atoms with Crippen molar-refractivity contribution in [2.45, 2.75) is 341 Å². The molecule has 1 N–H and O–H groups in total. The maximum absolute atomic E-state index is 12.3. The number of unbranched alkanes of at least 4 members (excludes halogenated alkanes) is 41. The van der Waals surface area contributed by atoms with Gasteiger partial charge in [-0.2, -0.15) is 0 Å². The molecule has 1 atom stereocenters. The summed E-state index contributed by atoms with van der Waals surface area (Å²) in [6.07, 6.45) is 85.1. The van der Waals surface area contributed by atoms with Gasteiger partial charge in [-0.1, -0.05) is 299 Å². The maximum atomic E-state index is 12.3. The molecule has 0 aromatic heterocycles. The van der Waals surface area contributed by atoms with E-state index in [-0.39, 0.29) is 25.2 Å². The van der Waals surface area contributed by atoms with Crippen molar-refractivity contribution in [2.75, 3.05) is 13.2 Å². The second-order valence-corrected chi connectivity index (χ2v) is 21.5. The van der Waals surface area contributed by atoms with Gasteiger partial charge in [0.15, 0.2) is 6.10 Å². The van der Waals surface area contributed by atoms with Crippen molar-refractivity contribution in [3.63, 3.8) is 0 Å². The average Bonchev–Trinajstić information content (AvgIpc) is 3.38. The molecule has 1 unspecified atom stereocenters. The summed E-state index contributed by atoms with van der Waals surface area (Å²) in [6, 6.07) is 0. The van der Waals surface area contributed by atoms with Crippen LogP contribution in [0.1, 0.15) is 335 Å². The van der Waals surface area contributed by atoms with Gasteiger partial charge >= 0.3 is 11.9 Å². The number of ether oxygens (including phenoxy) is 2. The Bertz CT molecular complexity index is 1230. The van der Waals surface area contributed by atoms with E-state index in [0.29, 0.717) is 12.8 Å². The molecule has 0 spiro atoms. The lowest BCUT2D eigenvalue weighted by molar-refractivity contribution is -0.161. The predicted molar refractivity (Wildman–Crippen MR) is 316 cm³/mol. The molecule has 72 heavy (non-hydrogen) atoms. The van der Waals surface area contributed by atoms with Gasteiger partial charge < -0.3 is 14.6 Å². The average molecular weight is 1010 g/mol. The Balaban J connectivity index is 3.44. The van der Waals surface area contributed by atoms with Crippen molar-refractivity contribution < 1.29 is 24.2 Å². The molecule has 0 saturated carbocycles. The fourth-order valence-electron chi connectivity index (χ4n) is 9.48. The predicted octanol–water partition coefficient (Wildman–Crippen LogP) is 21.8. The van der Waals surface area contributed by atoms with Gasteiger partial charge in [0.05, 0.1) is 6.61 Å². The first-order chi connectivity index (χ1) is 35.6. The van der Waals surface area contributed by atoms with Crippen LogP contribution in [0.25, 0.3) is 0 Å². The SMILES string of the molecule is CCCCCCC/C=C\C/C=C\C/C=C\CCCCCCCCCCCCCCCCCCC(=O)OC(CO)COC(=O)CCCCCCCCCCCCCCCCC/C=C\C/C=C\CCCCCCC. The molecule has 0 radical (unpaired) electrons. The van der Waals surface area contributed by atoms with Gasteiger partial charge in [-0.15, -0.1) is 0 Å². The molecule has 0 aromatic rings. The first-order valence-electron chi connectivity index (χ1n) is 31.8. The Hall–Kier alpha value is -2.40. The summed E-state index contributed by atoms with van der Waals surface area (Å²) in [5, 5.41) is 9.68. The van der Waals surface area contributed by atoms with Gasteiger partial charge in [0.25, 0.3) is 0 Å². The van der Waals surface area contributed by atoms with Gasteiger partial charge in [0.2, 0.25) is 0 Å². The first kappa shape index (κ1) is 69.6. The van der Waals surface area contributed by atoms with E-state index in [9.17, 15) is 14.7 Å². The molecule has 0 fully saturated rings. The smallest absolute Gasteiger partial charge is 0.306 e. The lowest BCUT2D eigenvalue weighted by Gasteiger charge is -2.15. The number of allylic oxidation sites excluding steroid dienone is 10. The normalized spacial score (nSPS) is 12.5. The summed E-state index contributed by atoms with van der Waals surface area (Å²) in [7, 11) is 0. The van der Waals surface area contributed by atoms with Crippen LogP contribution in [0.15, 0.2) is 60.8 Å². The highest BCUT2D eigenvalue weighted by atomic mass is 16.6. The highest BCUT2D eigenvalue weighted by molar-refractivity contribution is 5.70. The molecule has 0 saturated heterocycles. The topological polar surface area (TPSA) is 72.8 Å². The van der Waals surface area contributed by atoms with Crippen LogP contribution >= 0.6 is 0 Å². The monoisotopic (exact) mass is 1010 g/mol. The van der Waals surface area contributed by atoms with E-state index in [1.165, 1.54) is 250 Å². The number of carbonyl (C=O) groups excluding carboxylic acids is 2. The van der Waals surface area contributed by atoms with E-state index in [4.69, 9.17) is 9.47 Å². The van der Waals surface area contributed by atoms with E-state index in [1.54, 1.807) is 0 Å². The number of carbonyl (C=O) groups is 2. The van der Waals surface area contributed by atoms with E-state index in [2.05, 4.69) is 74.6 Å². The highest BCUT2D eigenvalue weighted by Crippen LogP contribution is 2.17. The molecule has 0 amide bonds. The van der Waals surface area contributed by atoms with Crippen LogP contribution in [0.2, 0.25) is 0 Å². The van der Waals surface area contributed by atoms with Crippen molar-refractivity contribution >= 4 is 11.9 Å². The van der Waals surface area contributed by atoms with Crippen LogP contribution in [0.5, 0.6) is 0 Å². The van der Waals surface area contributed by atoms with Gasteiger partial charge in [-0.25, -0.2) is 0 Å². The number of hydrogen-bond donors (Lipinski definition) is 1. The minimum atomic E-state index is -0.773. The molecule has 0 aliphatic carbocycles. The molecule has 5 heteroatoms. The third kappa shape index (κ3) is 60.2. The lowest BCUT2D eigenvalue weighted by Crippen LogP contribution is -2.28. The summed E-state index contributed by atoms with van der Waals surface area (Å²) in [5.41, 5.74) is 0. The Morgan fingerprint density at radius 1 is 0.319 bits per heavy atom. The number of aliphatic hydroxyl groups excluding tert-OH is 1. The summed E-state index contributed by atoms with van der Waals surface area (Å²) in [4.78, 5) is 24.6. The van der Waals surface area contributed by atoms with Gasteiger partial charge in [-0.05, 0) is 83.5 Å². The molecule has 0 aliphatic rings. The van der Waals surface area contributed by atoms with Gasteiger partial charge in [0.1, 0.15) is 6.61 Å². The zero-order valence-corrected chi connectivity index (χ0v) is 48.2. The van der Waals surface area contributed by atoms with E-state index < -0.39 is 6.10 Å². The molecule has 0 aromatic carbocycles. The number of aliphatic hydroxyl groups is 1. The Kier molecular flexibility index (Phi) is 60.8. The van der Waals surface area contributed by atoms with Crippen molar-refractivity contribution in [1.82, 2.24) is 0 Å². The maximum Gasteiger partial charge on any atom is 0.306 e. The third-order valence-corrected chi connectivity index (χ3v) is 14.3. The van der Waals surface area contributed by atoms with Crippen molar-refractivity contribution in [2.24, 2.45) is 0 Å². The molecular weight excluding hydrogens is 885 g/mol. The number of hydrogen-bond acceptors (Lipinski definition) is 5. The molecule has 420 valence electrons. The third-order valence-electron chi connectivity index (χ3n) is 14.3. The van der Waals surface area contributed by atoms with E-state index in [1.807, 2.05) is 0 Å². The standard InChI is InChI=1S/C67H122O5/c1-3-5-7-9-11-13-15-17-19-21-23-25-27-29-31-32-33-34-36-38-40-42-44-46-48-50-52-54-56-58-60-62-67(70)72-65(63-68)64-71-66(69)61-59-57-55-53-51-49-47-45-43-41-39-37-35-30-28-26-24-22-20-18-16-14-12-10-8-6-4-2/h15-18,21-24,27,29,65,68H,3-14,19-20,25-26,28,30-64H2,1-2H3/b17-15-,18-16-,23-21-,24-22-,29-27-. The fourth-order valence-corrected chi connectivity index (χ4v) is 9.48. The Morgan fingerprint density at radius 3 is 0.833 bits per heavy atom. The second-order valence-electron chi connectivity index (χ2n) is 21.5. The zero-order chi connectivity index (χ0) is 52.0. The summed E-state index contributed by atoms with van der Waals surface area (Å²) in [5.74, 6) is -0.576. The molecule has 0 aliphatic heterocycles. The minimum Gasteiger partial charge on any atom is -0.462 e. The van der Waals surface area contributed by atoms with Crippen molar-refractivity contribution in [3.8, 4) is 0 Å². The highest BCUT2D eigenvalue weighted by Gasteiger charge is 2.16. The minimum absolute atomic E-state index is 0.0636. The Morgan fingerprint density at radius 2 is 0.556 bits per heavy atom. The van der Waals surface area contributed by atoms with Crippen molar-refractivity contribution in [3.05, 3.63) is 60.8 Å². The quantitative estimate of drug-likeness (QED) is 0.0373. The molecule has 0 heterocycles. The summed E-state index contributed by atoms with van der Waals surface area (Å²) in [6.45, 7) is 4.16. The first-order valence-corrected chi connectivity index (χ1v) is 31.8. The van der Waals surface area contributed by atoms with E-state index >= 15 is 0 Å². The van der Waals surface area contributed by atoms with Crippen LogP contribution in [-0.2, 0) is 19.1 Å².